The largest absolute Gasteiger partial charge is 0.381 e. The molecule has 4 N–H and O–H groups in total. The Bertz CT molecular complexity index is 831. The Balaban J connectivity index is 1.43. The Hall–Kier alpha value is -2.42. The van der Waals surface area contributed by atoms with E-state index in [1.165, 1.54) is 5.01 Å². The first kappa shape index (κ1) is 20.8. The number of nitrogens with zero attached hydrogens (tertiary/aromatic N) is 3. The number of hydrogen-bond acceptors (Lipinski definition) is 6. The highest BCUT2D eigenvalue weighted by Gasteiger charge is 2.45. The van der Waals surface area contributed by atoms with Crippen LogP contribution < -0.4 is 16.5 Å². The van der Waals surface area contributed by atoms with Crippen molar-refractivity contribution in [2.75, 3.05) is 19.8 Å². The smallest absolute Gasteiger partial charge is 0.335 e. The van der Waals surface area contributed by atoms with Gasteiger partial charge >= 0.3 is 6.03 Å². The van der Waals surface area contributed by atoms with Crippen LogP contribution in [0.15, 0.2) is 46.6 Å². The summed E-state index contributed by atoms with van der Waals surface area (Å²) in [5.41, 5.74) is 2.56. The van der Waals surface area contributed by atoms with Crippen molar-refractivity contribution in [1.29, 1.82) is 0 Å². The van der Waals surface area contributed by atoms with E-state index in [1.807, 2.05) is 62.2 Å². The van der Waals surface area contributed by atoms with Gasteiger partial charge in [-0.25, -0.2) is 10.6 Å². The zero-order valence-electron chi connectivity index (χ0n) is 18.0. The van der Waals surface area contributed by atoms with Crippen LogP contribution >= 0.6 is 0 Å². The van der Waals surface area contributed by atoms with Crippen LogP contribution in [0.1, 0.15) is 45.2 Å². The van der Waals surface area contributed by atoms with E-state index in [-0.39, 0.29) is 18.4 Å². The number of hydrogen-bond donors (Lipinski definition) is 3. The van der Waals surface area contributed by atoms with Gasteiger partial charge in [-0.2, -0.15) is 0 Å². The summed E-state index contributed by atoms with van der Waals surface area (Å²) in [7, 11) is 0. The molecule has 0 radical (unpaired) electrons. The molecule has 4 rings (SSSR count). The molecule has 2 atom stereocenters. The summed E-state index contributed by atoms with van der Waals surface area (Å²) in [4.78, 5) is 19.8. The van der Waals surface area contributed by atoms with Crippen LogP contribution in [0.2, 0.25) is 0 Å². The summed E-state index contributed by atoms with van der Waals surface area (Å²) in [6.07, 6.45) is 3.68. The van der Waals surface area contributed by atoms with E-state index in [1.54, 1.807) is 0 Å². The highest BCUT2D eigenvalue weighted by Crippen LogP contribution is 2.35. The Labute approximate surface area is 178 Å². The molecule has 3 aliphatic heterocycles. The summed E-state index contributed by atoms with van der Waals surface area (Å²) >= 11 is 0. The maximum Gasteiger partial charge on any atom is 0.335 e. The Morgan fingerprint density at radius 1 is 1.33 bits per heavy atom. The minimum Gasteiger partial charge on any atom is -0.381 e. The summed E-state index contributed by atoms with van der Waals surface area (Å²) in [5.74, 6) is 6.28. The third-order valence-corrected chi connectivity index (χ3v) is 6.40. The summed E-state index contributed by atoms with van der Waals surface area (Å²) in [6, 6.07) is 9.79. The number of nitrogens with two attached hydrogens (primary N) is 1. The van der Waals surface area contributed by atoms with Gasteiger partial charge in [-0.05, 0) is 39.2 Å². The molecule has 0 aromatic heterocycles. The first-order valence-corrected chi connectivity index (χ1v) is 10.7. The fourth-order valence-electron chi connectivity index (χ4n) is 4.34. The van der Waals surface area contributed by atoms with Crippen molar-refractivity contribution >= 4 is 12.2 Å². The average Bonchev–Trinajstić information content (AvgIpc) is 3.03. The molecular formula is C22H32N6O2. The van der Waals surface area contributed by atoms with Crippen molar-refractivity contribution in [3.05, 3.63) is 47.2 Å². The molecule has 8 heteroatoms. The maximum atomic E-state index is 13.3. The quantitative estimate of drug-likeness (QED) is 0.400. The van der Waals surface area contributed by atoms with Gasteiger partial charge in [-0.3, -0.25) is 15.3 Å². The number of nitrogens with one attached hydrogen (secondary N) is 2. The van der Waals surface area contributed by atoms with Gasteiger partial charge in [0.15, 0.2) is 6.29 Å². The van der Waals surface area contributed by atoms with E-state index in [0.29, 0.717) is 12.6 Å². The monoisotopic (exact) mass is 412 g/mol. The minimum absolute atomic E-state index is 0.185. The second-order valence-electron chi connectivity index (χ2n) is 8.69. The van der Waals surface area contributed by atoms with E-state index in [9.17, 15) is 4.79 Å². The summed E-state index contributed by atoms with van der Waals surface area (Å²) in [5, 5.41) is 8.35. The lowest BCUT2D eigenvalue weighted by atomic mass is 9.95. The molecule has 1 unspecified atom stereocenters. The van der Waals surface area contributed by atoms with Crippen LogP contribution in [-0.4, -0.2) is 59.8 Å². The average molecular weight is 413 g/mol. The van der Waals surface area contributed by atoms with E-state index in [4.69, 9.17) is 10.6 Å². The van der Waals surface area contributed by atoms with E-state index < -0.39 is 5.54 Å². The molecule has 1 saturated heterocycles. The Morgan fingerprint density at radius 3 is 2.73 bits per heavy atom. The van der Waals surface area contributed by atoms with E-state index in [0.717, 1.165) is 42.9 Å². The molecule has 0 aliphatic carbocycles. The summed E-state index contributed by atoms with van der Waals surface area (Å²) < 4.78 is 5.43. The van der Waals surface area contributed by atoms with E-state index >= 15 is 0 Å². The zero-order chi connectivity index (χ0) is 21.3. The van der Waals surface area contributed by atoms with Crippen LogP contribution in [0.25, 0.3) is 0 Å². The van der Waals surface area contributed by atoms with Gasteiger partial charge in [0.1, 0.15) is 0 Å². The fourth-order valence-corrected chi connectivity index (χ4v) is 4.34. The molecule has 1 aromatic rings. The number of benzene rings is 1. The standard InChI is InChI=1S/C22H32N6O2/c1-15(16-7-5-4-6-8-16)28(23)21(29)27-14-19-18(22(27,2)3)13-24-20(26-19)25-17-9-11-30-12-10-17/h4-8,13,15,17,20,25-26H,9-12,14,23H2,1-3H3/t15-,20?/m0/s1. The maximum absolute atomic E-state index is 13.3. The molecule has 1 fully saturated rings. The number of amides is 2. The van der Waals surface area contributed by atoms with Gasteiger partial charge in [-0.1, -0.05) is 30.3 Å². The van der Waals surface area contributed by atoms with Crippen molar-refractivity contribution in [2.24, 2.45) is 10.8 Å². The van der Waals surface area contributed by atoms with Gasteiger partial charge < -0.3 is 15.0 Å². The van der Waals surface area contributed by atoms with E-state index in [2.05, 4.69) is 15.6 Å². The molecule has 0 spiro atoms. The molecule has 0 saturated carbocycles. The second-order valence-corrected chi connectivity index (χ2v) is 8.69. The Morgan fingerprint density at radius 2 is 2.03 bits per heavy atom. The molecule has 1 aromatic carbocycles. The van der Waals surface area contributed by atoms with Crippen LogP contribution in [-0.2, 0) is 4.74 Å². The van der Waals surface area contributed by atoms with Crippen molar-refractivity contribution < 1.29 is 9.53 Å². The molecule has 30 heavy (non-hydrogen) atoms. The van der Waals surface area contributed by atoms with Gasteiger partial charge in [0.2, 0.25) is 0 Å². The number of carbonyl (C=O) groups excluding carboxylic acids is 1. The van der Waals surface area contributed by atoms with Gasteiger partial charge in [0, 0.05) is 36.7 Å². The van der Waals surface area contributed by atoms with Crippen molar-refractivity contribution in [1.82, 2.24) is 20.5 Å². The minimum atomic E-state index is -0.499. The predicted molar refractivity (Wildman–Crippen MR) is 116 cm³/mol. The van der Waals surface area contributed by atoms with Gasteiger partial charge in [-0.15, -0.1) is 0 Å². The molecule has 3 aliphatic rings. The first-order chi connectivity index (χ1) is 14.4. The van der Waals surface area contributed by atoms with Crippen LogP contribution in [0.4, 0.5) is 4.79 Å². The number of aliphatic imine (C=N–C) groups is 1. The molecule has 8 nitrogen and oxygen atoms in total. The van der Waals surface area contributed by atoms with Gasteiger partial charge in [0.05, 0.1) is 18.1 Å². The number of carbonyl (C=O) groups is 1. The van der Waals surface area contributed by atoms with Crippen LogP contribution in [0.5, 0.6) is 0 Å². The van der Waals surface area contributed by atoms with Crippen molar-refractivity contribution in [3.8, 4) is 0 Å². The number of hydrazine groups is 1. The first-order valence-electron chi connectivity index (χ1n) is 10.7. The van der Waals surface area contributed by atoms with Crippen LogP contribution in [0.3, 0.4) is 0 Å². The summed E-state index contributed by atoms with van der Waals surface area (Å²) in [6.45, 7) is 8.06. The fraction of sp³-hybridized carbons (Fsp3) is 0.545. The lowest BCUT2D eigenvalue weighted by Gasteiger charge is -2.37. The topological polar surface area (TPSA) is 95.2 Å². The third kappa shape index (κ3) is 3.95. The second kappa shape index (κ2) is 8.37. The van der Waals surface area contributed by atoms with Crippen molar-refractivity contribution in [2.45, 2.75) is 57.5 Å². The molecule has 2 amide bonds. The van der Waals surface area contributed by atoms with Crippen molar-refractivity contribution in [3.63, 3.8) is 0 Å². The van der Waals surface area contributed by atoms with Crippen LogP contribution in [0, 0.1) is 0 Å². The number of urea groups is 1. The van der Waals surface area contributed by atoms with Gasteiger partial charge in [0.25, 0.3) is 0 Å². The Kier molecular flexibility index (Phi) is 5.81. The molecule has 3 heterocycles. The predicted octanol–water partition coefficient (Wildman–Crippen LogP) is 2.12. The number of ether oxygens (including phenoxy) is 1. The lowest BCUT2D eigenvalue weighted by Crippen LogP contribution is -2.54. The molecule has 0 bridgehead atoms. The molecule has 162 valence electrons. The molecular weight excluding hydrogens is 380 g/mol. The SMILES string of the molecule is C[C@@H](c1ccccc1)N(N)C(=O)N1CC2=C(C=NC(NC3CCOCC3)N2)C1(C)C. The third-order valence-electron chi connectivity index (χ3n) is 6.40. The normalized spacial score (nSPS) is 24.4. The zero-order valence-corrected chi connectivity index (χ0v) is 18.0. The highest BCUT2D eigenvalue weighted by molar-refractivity contribution is 5.88. The highest BCUT2D eigenvalue weighted by atomic mass is 16.5. The lowest BCUT2D eigenvalue weighted by molar-refractivity contribution is 0.0741. The number of rotatable bonds is 4.